The zero-order valence-electron chi connectivity index (χ0n) is 22.2. The summed E-state index contributed by atoms with van der Waals surface area (Å²) in [6.07, 6.45) is 22.6. The van der Waals surface area contributed by atoms with E-state index in [0.717, 1.165) is 38.8 Å². The van der Waals surface area contributed by atoms with Crippen molar-refractivity contribution in [2.45, 2.75) is 18.1 Å². The molecule has 14 heteroatoms. The van der Waals surface area contributed by atoms with Crippen LogP contribution >= 0.6 is 0 Å². The lowest BCUT2D eigenvalue weighted by Crippen LogP contribution is -2.52. The van der Waals surface area contributed by atoms with Crippen molar-refractivity contribution < 1.29 is 65.5 Å². The van der Waals surface area contributed by atoms with Gasteiger partial charge in [-0.15, -0.1) is 9.15 Å². The van der Waals surface area contributed by atoms with Gasteiger partial charge in [-0.25, -0.2) is 9.47 Å². The summed E-state index contributed by atoms with van der Waals surface area (Å²) in [6.45, 7) is 6.51. The van der Waals surface area contributed by atoms with Gasteiger partial charge in [0, 0.05) is 12.2 Å². The van der Waals surface area contributed by atoms with Gasteiger partial charge in [0.05, 0.1) is 0 Å². The third-order valence-electron chi connectivity index (χ3n) is 7.77. The van der Waals surface area contributed by atoms with Gasteiger partial charge in [-0.1, -0.05) is 18.3 Å². The molecule has 9 aliphatic heterocycles. The summed E-state index contributed by atoms with van der Waals surface area (Å²) in [4.78, 5) is 21.4. The highest BCUT2D eigenvalue weighted by molar-refractivity contribution is 6.00. The lowest BCUT2D eigenvalue weighted by Gasteiger charge is -2.21. The van der Waals surface area contributed by atoms with E-state index in [9.17, 15) is 9.59 Å². The Kier molecular flexibility index (Phi) is 6.08. The molecule has 14 nitrogen and oxygen atoms in total. The molecule has 9 aliphatic rings. The van der Waals surface area contributed by atoms with Gasteiger partial charge in [-0.05, 0) is 0 Å². The maximum absolute atomic E-state index is 10.7. The van der Waals surface area contributed by atoms with Crippen molar-refractivity contribution in [3.63, 3.8) is 0 Å². The molecule has 0 atom stereocenters. The van der Waals surface area contributed by atoms with Gasteiger partial charge in [0.1, 0.15) is 49.4 Å². The standard InChI is InChI=1S/C11H10N2O4.C9H10N2O2.C7H10N2O2/c14-5-9-3-12-1-2-13-4-10(6-15)8-17-11(12,13)16-7-9;1-3-10-5-6-11-4-2-8-13-9(10,11)12-7-1;1-2-9-4-6-11-7(9)8(1)3-5-10-7/h3-8H,1-2H2;1-4,7-8H,5-6H2;3-4H,1-2,5-6H2/q3*+2. The lowest BCUT2D eigenvalue weighted by molar-refractivity contribution is -0.869. The van der Waals surface area contributed by atoms with E-state index < -0.39 is 18.1 Å². The first kappa shape index (κ1) is 25.4. The Labute approximate surface area is 234 Å². The summed E-state index contributed by atoms with van der Waals surface area (Å²) in [6, 6.07) is -2.33. The molecular formula is C27H30N6O8+6. The maximum Gasteiger partial charge on any atom is 0.703 e. The summed E-state index contributed by atoms with van der Waals surface area (Å²) in [5, 5.41) is 0. The topological polar surface area (TPSA) is 108 Å². The van der Waals surface area contributed by atoms with Crippen molar-refractivity contribution in [2.24, 2.45) is 0 Å². The molecule has 0 N–H and O–H groups in total. The van der Waals surface area contributed by atoms with Crippen molar-refractivity contribution in [3.8, 4) is 0 Å². The molecule has 0 unspecified atom stereocenters. The molecule has 0 aromatic heterocycles. The van der Waals surface area contributed by atoms with Crippen LogP contribution in [0.4, 0.5) is 0 Å². The third-order valence-corrected chi connectivity index (χ3v) is 7.77. The molecule has 3 spiro atoms. The first-order valence-electron chi connectivity index (χ1n) is 13.4. The number of allylic oxidation sites excluding steroid dienone is 4. The zero-order chi connectivity index (χ0) is 27.9. The van der Waals surface area contributed by atoms with E-state index in [1.54, 1.807) is 34.1 Å². The molecule has 0 amide bonds. The molecular weight excluding hydrogens is 536 g/mol. The van der Waals surface area contributed by atoms with E-state index in [0.29, 0.717) is 37.4 Å². The summed E-state index contributed by atoms with van der Waals surface area (Å²) in [7, 11) is 0. The summed E-state index contributed by atoms with van der Waals surface area (Å²) in [5.74, 6) is 0. The van der Waals surface area contributed by atoms with Gasteiger partial charge in [-0.2, -0.15) is 0 Å². The van der Waals surface area contributed by atoms with Gasteiger partial charge in [0.25, 0.3) is 0 Å². The fourth-order valence-electron chi connectivity index (χ4n) is 5.83. The molecule has 41 heavy (non-hydrogen) atoms. The second-order valence-corrected chi connectivity index (χ2v) is 9.95. The lowest BCUT2D eigenvalue weighted by atomic mass is 10.3. The molecule has 9 heterocycles. The number of carbonyl (C=O) groups excluding carboxylic acids is 2. The van der Waals surface area contributed by atoms with Gasteiger partial charge >= 0.3 is 18.1 Å². The van der Waals surface area contributed by atoms with Crippen LogP contribution in [-0.2, 0) is 38.0 Å². The Morgan fingerprint density at radius 2 is 1.00 bits per heavy atom. The molecule has 0 saturated carbocycles. The number of hydrogen-bond donors (Lipinski definition) is 0. The van der Waals surface area contributed by atoms with Gasteiger partial charge in [0.15, 0.2) is 49.9 Å². The van der Waals surface area contributed by atoms with Gasteiger partial charge in [0.2, 0.25) is 39.3 Å². The van der Waals surface area contributed by atoms with Crippen LogP contribution in [0.3, 0.4) is 0 Å². The molecule has 3 saturated heterocycles. The van der Waals surface area contributed by atoms with Crippen LogP contribution in [0, 0.1) is 0 Å². The Balaban J connectivity index is 0.000000103. The Morgan fingerprint density at radius 3 is 1.49 bits per heavy atom. The van der Waals surface area contributed by atoms with E-state index >= 15 is 0 Å². The number of hydrogen-bond acceptors (Lipinski definition) is 8. The van der Waals surface area contributed by atoms with Crippen LogP contribution in [0.2, 0.25) is 0 Å². The van der Waals surface area contributed by atoms with E-state index in [1.807, 2.05) is 33.7 Å². The third kappa shape index (κ3) is 3.93. The van der Waals surface area contributed by atoms with Crippen molar-refractivity contribution >= 4 is 49.9 Å². The average molecular weight is 567 g/mol. The van der Waals surface area contributed by atoms with Gasteiger partial charge < -0.3 is 18.9 Å². The zero-order valence-corrected chi connectivity index (χ0v) is 22.2. The number of carbonyl (C=O) groups is 2. The largest absolute Gasteiger partial charge is 0.703 e. The molecule has 3 fully saturated rings. The minimum atomic E-state index is -1.07. The number of rotatable bonds is 2. The van der Waals surface area contributed by atoms with Crippen LogP contribution in [0.15, 0.2) is 48.3 Å². The Hall–Kier alpha value is -4.56. The highest BCUT2D eigenvalue weighted by Crippen LogP contribution is 2.29. The van der Waals surface area contributed by atoms with Crippen LogP contribution in [0.25, 0.3) is 0 Å². The normalized spacial score (nSPS) is 26.6. The van der Waals surface area contributed by atoms with Crippen molar-refractivity contribution in [1.29, 1.82) is 0 Å². The van der Waals surface area contributed by atoms with Crippen LogP contribution < -0.4 is 0 Å². The van der Waals surface area contributed by atoms with Crippen molar-refractivity contribution in [1.82, 2.24) is 0 Å². The van der Waals surface area contributed by atoms with Crippen molar-refractivity contribution in [2.75, 3.05) is 52.5 Å². The predicted molar refractivity (Wildman–Crippen MR) is 138 cm³/mol. The summed E-state index contributed by atoms with van der Waals surface area (Å²) >= 11 is 0. The van der Waals surface area contributed by atoms with Crippen molar-refractivity contribution in [3.05, 3.63) is 48.3 Å². The van der Waals surface area contributed by atoms with Crippen LogP contribution in [0.1, 0.15) is 0 Å². The maximum atomic E-state index is 10.7. The molecule has 9 rings (SSSR count). The number of ether oxygens (including phenoxy) is 6. The van der Waals surface area contributed by atoms with Crippen LogP contribution in [-0.4, -0.2) is 148 Å². The second-order valence-electron chi connectivity index (χ2n) is 9.95. The molecule has 210 valence electrons. The highest BCUT2D eigenvalue weighted by Gasteiger charge is 2.68. The second kappa shape index (κ2) is 9.82. The van der Waals surface area contributed by atoms with E-state index in [2.05, 4.69) is 21.6 Å². The molecule has 0 aromatic carbocycles. The van der Waals surface area contributed by atoms with E-state index in [-0.39, 0.29) is 0 Å². The smallest absolute Gasteiger partial charge is 0.349 e. The highest BCUT2D eigenvalue weighted by atomic mass is 16.8. The summed E-state index contributed by atoms with van der Waals surface area (Å²) in [5.41, 5.74) is 0.900. The first-order chi connectivity index (χ1) is 20.1. The average Bonchev–Trinajstić information content (AvgIpc) is 3.82. The fraction of sp³-hybridized carbons (Fsp3) is 0.407. The number of aldehydes is 2. The van der Waals surface area contributed by atoms with Gasteiger partial charge in [-0.3, -0.25) is 9.59 Å². The van der Waals surface area contributed by atoms with Crippen LogP contribution in [0.5, 0.6) is 0 Å². The Morgan fingerprint density at radius 1 is 0.561 bits per heavy atom. The summed E-state index contributed by atoms with van der Waals surface area (Å²) < 4.78 is 45.0. The molecule has 0 bridgehead atoms. The predicted octanol–water partition coefficient (Wildman–Crippen LogP) is -2.29. The number of nitrogens with zero attached hydrogens (tertiary/aromatic N) is 6. The Bertz CT molecular complexity index is 1400. The molecule has 0 aromatic rings. The van der Waals surface area contributed by atoms with E-state index in [4.69, 9.17) is 28.4 Å². The quantitative estimate of drug-likeness (QED) is 0.272. The minimum Gasteiger partial charge on any atom is -0.349 e. The molecule has 0 radical (unpaired) electrons. The van der Waals surface area contributed by atoms with E-state index in [1.165, 1.54) is 12.5 Å². The fourth-order valence-corrected chi connectivity index (χ4v) is 5.83. The monoisotopic (exact) mass is 566 g/mol. The SMILES string of the molecule is C1=COC23OC=CC=[N+]2CC[N+]3=C1.C1=[N+]2CC[N+]3=CCOC23OC1.O=CC1=COC23OC=C(C=O)C=[N+]2CC[N+]3=C1. The first-order valence-corrected chi connectivity index (χ1v) is 13.4. The minimum absolute atomic E-state index is 0.450. The molecule has 0 aliphatic carbocycles.